The van der Waals surface area contributed by atoms with Crippen LogP contribution in [0.25, 0.3) is 0 Å². The van der Waals surface area contributed by atoms with Crippen molar-refractivity contribution in [3.63, 3.8) is 0 Å². The smallest absolute Gasteiger partial charge is 0.274 e. The highest BCUT2D eigenvalue weighted by molar-refractivity contribution is 5.96. The molecular weight excluding hydrogens is 292 g/mol. The van der Waals surface area contributed by atoms with Gasteiger partial charge in [0.2, 0.25) is 5.91 Å². The largest absolute Gasteiger partial charge is 0.342 e. The van der Waals surface area contributed by atoms with Gasteiger partial charge in [0.25, 0.3) is 5.91 Å². The van der Waals surface area contributed by atoms with E-state index in [2.05, 4.69) is 0 Å². The standard InChI is InChI=1S/C18H22N2O3/c21-16(19-23)14-6-2-5-13-9-18(10-15(13)14)7-8-20(17(18)22)11-12-3-1-4-12/h2,5-6,12,23H,1,3-4,7-11H2,(H,19,21). The van der Waals surface area contributed by atoms with Crippen molar-refractivity contribution in [2.24, 2.45) is 11.3 Å². The van der Waals surface area contributed by atoms with E-state index in [-0.39, 0.29) is 11.3 Å². The van der Waals surface area contributed by atoms with Gasteiger partial charge in [-0.3, -0.25) is 14.8 Å². The average molecular weight is 314 g/mol. The zero-order valence-corrected chi connectivity index (χ0v) is 13.2. The fraction of sp³-hybridized carbons (Fsp3) is 0.556. The number of hydrogen-bond donors (Lipinski definition) is 2. The van der Waals surface area contributed by atoms with Crippen LogP contribution in [0.3, 0.4) is 0 Å². The summed E-state index contributed by atoms with van der Waals surface area (Å²) in [6.07, 6.45) is 5.99. The predicted octanol–water partition coefficient (Wildman–Crippen LogP) is 1.92. The lowest BCUT2D eigenvalue weighted by molar-refractivity contribution is -0.136. The molecule has 2 amide bonds. The van der Waals surface area contributed by atoms with E-state index in [9.17, 15) is 9.59 Å². The molecule has 0 radical (unpaired) electrons. The highest BCUT2D eigenvalue weighted by Gasteiger charge is 2.51. The monoisotopic (exact) mass is 314 g/mol. The second kappa shape index (κ2) is 5.34. The van der Waals surface area contributed by atoms with Crippen molar-refractivity contribution in [1.82, 2.24) is 10.4 Å². The minimum Gasteiger partial charge on any atom is -0.342 e. The van der Waals surface area contributed by atoms with E-state index in [0.717, 1.165) is 37.1 Å². The van der Waals surface area contributed by atoms with Crippen LogP contribution < -0.4 is 5.48 Å². The van der Waals surface area contributed by atoms with E-state index in [0.29, 0.717) is 17.9 Å². The molecule has 1 spiro atoms. The molecule has 1 atom stereocenters. The summed E-state index contributed by atoms with van der Waals surface area (Å²) in [5.74, 6) is 0.459. The molecule has 122 valence electrons. The average Bonchev–Trinajstić information content (AvgIpc) is 3.04. The lowest BCUT2D eigenvalue weighted by atomic mass is 9.82. The molecule has 1 aliphatic heterocycles. The number of benzene rings is 1. The number of carbonyl (C=O) groups is 2. The highest BCUT2D eigenvalue weighted by atomic mass is 16.5. The van der Waals surface area contributed by atoms with Crippen molar-refractivity contribution < 1.29 is 14.8 Å². The molecule has 3 aliphatic rings. The van der Waals surface area contributed by atoms with Crippen LogP contribution in [0.2, 0.25) is 0 Å². The predicted molar refractivity (Wildman–Crippen MR) is 84.1 cm³/mol. The van der Waals surface area contributed by atoms with Gasteiger partial charge in [-0.2, -0.15) is 0 Å². The molecule has 0 bridgehead atoms. The zero-order valence-electron chi connectivity index (χ0n) is 13.2. The Labute approximate surface area is 135 Å². The van der Waals surface area contributed by atoms with Gasteiger partial charge < -0.3 is 4.90 Å². The molecule has 1 unspecified atom stereocenters. The molecule has 2 N–H and O–H groups in total. The molecule has 1 aromatic rings. The number of hydrogen-bond acceptors (Lipinski definition) is 3. The van der Waals surface area contributed by atoms with Crippen molar-refractivity contribution in [2.75, 3.05) is 13.1 Å². The number of amides is 2. The first kappa shape index (κ1) is 14.7. The molecule has 1 aromatic carbocycles. The maximum Gasteiger partial charge on any atom is 0.274 e. The van der Waals surface area contributed by atoms with Crippen molar-refractivity contribution >= 4 is 11.8 Å². The van der Waals surface area contributed by atoms with E-state index >= 15 is 0 Å². The van der Waals surface area contributed by atoms with Crippen LogP contribution in [-0.4, -0.2) is 35.0 Å². The first-order valence-corrected chi connectivity index (χ1v) is 8.47. The Kier molecular flexibility index (Phi) is 3.41. The van der Waals surface area contributed by atoms with Crippen LogP contribution in [0.1, 0.15) is 47.2 Å². The molecule has 1 saturated carbocycles. The summed E-state index contributed by atoms with van der Waals surface area (Å²) < 4.78 is 0. The number of likely N-dealkylation sites (tertiary alicyclic amines) is 1. The first-order chi connectivity index (χ1) is 11.1. The van der Waals surface area contributed by atoms with E-state index in [1.54, 1.807) is 11.5 Å². The maximum atomic E-state index is 13.0. The summed E-state index contributed by atoms with van der Waals surface area (Å²) in [5.41, 5.74) is 3.85. The Bertz CT molecular complexity index is 668. The Balaban J connectivity index is 1.57. The summed E-state index contributed by atoms with van der Waals surface area (Å²) in [4.78, 5) is 26.9. The molecule has 2 aliphatic carbocycles. The molecule has 5 nitrogen and oxygen atoms in total. The van der Waals surface area contributed by atoms with Gasteiger partial charge in [0.1, 0.15) is 0 Å². The first-order valence-electron chi connectivity index (χ1n) is 8.47. The van der Waals surface area contributed by atoms with Gasteiger partial charge in [-0.15, -0.1) is 0 Å². The van der Waals surface area contributed by atoms with E-state index < -0.39 is 5.91 Å². The van der Waals surface area contributed by atoms with Crippen LogP contribution in [0, 0.1) is 11.3 Å². The molecule has 1 heterocycles. The summed E-state index contributed by atoms with van der Waals surface area (Å²) in [6, 6.07) is 5.54. The number of hydroxylamine groups is 1. The molecule has 5 heteroatoms. The second-order valence-corrected chi connectivity index (χ2v) is 7.32. The van der Waals surface area contributed by atoms with Gasteiger partial charge in [-0.25, -0.2) is 5.48 Å². The van der Waals surface area contributed by atoms with Crippen molar-refractivity contribution in [3.05, 3.63) is 34.9 Å². The van der Waals surface area contributed by atoms with E-state index in [4.69, 9.17) is 5.21 Å². The SMILES string of the molecule is O=C(NO)c1cccc2c1CC1(CCN(CC3CCC3)C1=O)C2. The molecule has 4 rings (SSSR count). The van der Waals surface area contributed by atoms with Crippen molar-refractivity contribution in [1.29, 1.82) is 0 Å². The number of nitrogens with one attached hydrogen (secondary N) is 1. The van der Waals surface area contributed by atoms with Gasteiger partial charge >= 0.3 is 0 Å². The highest BCUT2D eigenvalue weighted by Crippen LogP contribution is 2.46. The third-order valence-electron chi connectivity index (χ3n) is 5.97. The van der Waals surface area contributed by atoms with E-state index in [1.807, 2.05) is 17.0 Å². The van der Waals surface area contributed by atoms with Crippen molar-refractivity contribution in [2.45, 2.75) is 38.5 Å². The Morgan fingerprint density at radius 1 is 1.35 bits per heavy atom. The lowest BCUT2D eigenvalue weighted by Gasteiger charge is -2.31. The second-order valence-electron chi connectivity index (χ2n) is 7.32. The Morgan fingerprint density at radius 3 is 2.87 bits per heavy atom. The lowest BCUT2D eigenvalue weighted by Crippen LogP contribution is -2.39. The minimum absolute atomic E-state index is 0.260. The van der Waals surface area contributed by atoms with Crippen LogP contribution in [0.5, 0.6) is 0 Å². The topological polar surface area (TPSA) is 69.6 Å². The van der Waals surface area contributed by atoms with Gasteiger partial charge in [0, 0.05) is 18.7 Å². The number of nitrogens with zero attached hydrogens (tertiary/aromatic N) is 1. The van der Waals surface area contributed by atoms with E-state index in [1.165, 1.54) is 19.3 Å². The summed E-state index contributed by atoms with van der Waals surface area (Å²) in [5, 5.41) is 8.93. The molecular formula is C18H22N2O3. The Hall–Kier alpha value is -1.88. The summed E-state index contributed by atoms with van der Waals surface area (Å²) in [6.45, 7) is 1.74. The third kappa shape index (κ3) is 2.26. The van der Waals surface area contributed by atoms with Gasteiger partial charge in [-0.05, 0) is 55.2 Å². The number of rotatable bonds is 3. The molecule has 23 heavy (non-hydrogen) atoms. The van der Waals surface area contributed by atoms with Gasteiger partial charge in [0.05, 0.1) is 5.41 Å². The summed E-state index contributed by atoms with van der Waals surface area (Å²) in [7, 11) is 0. The van der Waals surface area contributed by atoms with Crippen LogP contribution >= 0.6 is 0 Å². The van der Waals surface area contributed by atoms with Crippen LogP contribution in [0.15, 0.2) is 18.2 Å². The fourth-order valence-corrected chi connectivity index (χ4v) is 4.43. The number of carbonyl (C=O) groups excluding carboxylic acids is 2. The van der Waals surface area contributed by atoms with Gasteiger partial charge in [0.15, 0.2) is 0 Å². The third-order valence-corrected chi connectivity index (χ3v) is 5.97. The van der Waals surface area contributed by atoms with Crippen LogP contribution in [0.4, 0.5) is 0 Å². The molecule has 0 aromatic heterocycles. The summed E-state index contributed by atoms with van der Waals surface area (Å²) >= 11 is 0. The van der Waals surface area contributed by atoms with Gasteiger partial charge in [-0.1, -0.05) is 18.6 Å². The maximum absolute atomic E-state index is 13.0. The number of fused-ring (bicyclic) bond motifs is 1. The van der Waals surface area contributed by atoms with Crippen LogP contribution in [-0.2, 0) is 17.6 Å². The normalized spacial score (nSPS) is 26.5. The quantitative estimate of drug-likeness (QED) is 0.661. The molecule has 2 fully saturated rings. The zero-order chi connectivity index (χ0) is 16.0. The Morgan fingerprint density at radius 2 is 2.17 bits per heavy atom. The fourth-order valence-electron chi connectivity index (χ4n) is 4.43. The van der Waals surface area contributed by atoms with Crippen molar-refractivity contribution in [3.8, 4) is 0 Å². The minimum atomic E-state index is -0.490. The molecule has 1 saturated heterocycles.